The Hall–Kier alpha value is -0.120. The third kappa shape index (κ3) is 3.70. The smallest absolute Gasteiger partial charge is 0.102 e. The van der Waals surface area contributed by atoms with Crippen LogP contribution in [0.2, 0.25) is 0 Å². The summed E-state index contributed by atoms with van der Waals surface area (Å²) in [4.78, 5) is 0. The van der Waals surface area contributed by atoms with Gasteiger partial charge in [0.15, 0.2) is 0 Å². The Balaban J connectivity index is 0. The van der Waals surface area contributed by atoms with Crippen molar-refractivity contribution in [2.75, 3.05) is 27.2 Å². The largest absolute Gasteiger partial charge is 0.870 e. The Morgan fingerprint density at radius 1 is 1.18 bits per heavy atom. The van der Waals surface area contributed by atoms with Gasteiger partial charge in [-0.2, -0.15) is 0 Å². The van der Waals surface area contributed by atoms with Crippen molar-refractivity contribution in [1.82, 2.24) is 0 Å². The van der Waals surface area contributed by atoms with Gasteiger partial charge in [0.05, 0.1) is 26.2 Å². The highest BCUT2D eigenvalue weighted by Gasteiger charge is 2.30. The predicted molar refractivity (Wildman–Crippen MR) is 45.8 cm³/mol. The predicted octanol–water partition coefficient (Wildman–Crippen LogP) is 0.677. The number of rotatable bonds is 2. The Kier molecular flexibility index (Phi) is 4.95. The molecule has 2 N–H and O–H groups in total. The minimum atomic E-state index is 0. The molecular formula is C8H21NO2. The lowest BCUT2D eigenvalue weighted by molar-refractivity contribution is -0.935. The molecule has 0 unspecified atom stereocenters. The van der Waals surface area contributed by atoms with Crippen molar-refractivity contribution in [3.63, 3.8) is 0 Å². The van der Waals surface area contributed by atoms with Crippen molar-refractivity contribution in [2.45, 2.75) is 26.3 Å². The molecule has 70 valence electrons. The molecular weight excluding hydrogens is 142 g/mol. The SMILES string of the molecule is CC(C)(C)[N+](C)(C)CCO.[OH-]. The van der Waals surface area contributed by atoms with Gasteiger partial charge in [-0.15, -0.1) is 0 Å². The van der Waals surface area contributed by atoms with E-state index in [4.69, 9.17) is 5.11 Å². The zero-order valence-corrected chi connectivity index (χ0v) is 8.26. The maximum atomic E-state index is 8.75. The third-order valence-electron chi connectivity index (χ3n) is 2.47. The lowest BCUT2D eigenvalue weighted by Crippen LogP contribution is -2.55. The van der Waals surface area contributed by atoms with Crippen LogP contribution in [0.4, 0.5) is 0 Å². The fourth-order valence-corrected chi connectivity index (χ4v) is 0.585. The number of nitrogens with zero attached hydrogens (tertiary/aromatic N) is 1. The van der Waals surface area contributed by atoms with Gasteiger partial charge >= 0.3 is 0 Å². The van der Waals surface area contributed by atoms with Gasteiger partial charge in [-0.1, -0.05) is 0 Å². The van der Waals surface area contributed by atoms with E-state index in [0.717, 1.165) is 11.0 Å². The lowest BCUT2D eigenvalue weighted by atomic mass is 10.0. The van der Waals surface area contributed by atoms with Gasteiger partial charge in [0.2, 0.25) is 0 Å². The van der Waals surface area contributed by atoms with Crippen LogP contribution in [0.5, 0.6) is 0 Å². The summed E-state index contributed by atoms with van der Waals surface area (Å²) in [6, 6.07) is 0. The number of hydrogen-bond acceptors (Lipinski definition) is 2. The van der Waals surface area contributed by atoms with Crippen LogP contribution in [0.1, 0.15) is 20.8 Å². The molecule has 0 rings (SSSR count). The zero-order chi connectivity index (χ0) is 8.41. The van der Waals surface area contributed by atoms with E-state index in [9.17, 15) is 0 Å². The van der Waals surface area contributed by atoms with Gasteiger partial charge in [-0.05, 0) is 20.8 Å². The molecule has 0 amide bonds. The van der Waals surface area contributed by atoms with Gasteiger partial charge in [0, 0.05) is 0 Å². The average molecular weight is 163 g/mol. The summed E-state index contributed by atoms with van der Waals surface area (Å²) >= 11 is 0. The van der Waals surface area contributed by atoms with E-state index in [1.54, 1.807) is 0 Å². The van der Waals surface area contributed by atoms with Crippen LogP contribution in [-0.2, 0) is 0 Å². The first-order valence-corrected chi connectivity index (χ1v) is 3.75. The highest BCUT2D eigenvalue weighted by molar-refractivity contribution is 4.59. The Bertz CT molecular complexity index is 105. The normalized spacial score (nSPS) is 12.5. The molecule has 0 aliphatic heterocycles. The molecule has 11 heavy (non-hydrogen) atoms. The summed E-state index contributed by atoms with van der Waals surface area (Å²) in [5, 5.41) is 8.75. The molecule has 3 nitrogen and oxygen atoms in total. The second-order valence-corrected chi connectivity index (χ2v) is 4.30. The number of likely N-dealkylation sites (N-methyl/N-ethyl adjacent to an activating group) is 1. The molecule has 0 saturated heterocycles. The molecule has 0 fully saturated rings. The zero-order valence-electron chi connectivity index (χ0n) is 8.26. The standard InChI is InChI=1S/C8H20NO.H2O/c1-8(2,3)9(4,5)6-7-10;/h10H,6-7H2,1-5H3;1H2/q+1;/p-1. The van der Waals surface area contributed by atoms with Crippen LogP contribution < -0.4 is 0 Å². The Morgan fingerprint density at radius 3 is 1.64 bits per heavy atom. The summed E-state index contributed by atoms with van der Waals surface area (Å²) < 4.78 is 0.865. The summed E-state index contributed by atoms with van der Waals surface area (Å²) in [6.07, 6.45) is 0. The van der Waals surface area contributed by atoms with Crippen molar-refractivity contribution in [1.29, 1.82) is 0 Å². The van der Waals surface area contributed by atoms with E-state index in [1.807, 2.05) is 0 Å². The Labute approximate surface area is 69.5 Å². The number of aliphatic hydroxyl groups excluding tert-OH is 1. The van der Waals surface area contributed by atoms with Gasteiger partial charge in [-0.3, -0.25) is 0 Å². The van der Waals surface area contributed by atoms with E-state index in [1.165, 1.54) is 0 Å². The van der Waals surface area contributed by atoms with E-state index >= 15 is 0 Å². The molecule has 0 radical (unpaired) electrons. The number of quaternary nitrogens is 1. The average Bonchev–Trinajstić information content (AvgIpc) is 1.61. The number of aliphatic hydroxyl groups is 1. The van der Waals surface area contributed by atoms with Crippen molar-refractivity contribution >= 4 is 0 Å². The van der Waals surface area contributed by atoms with E-state index in [-0.39, 0.29) is 17.6 Å². The van der Waals surface area contributed by atoms with Gasteiger partial charge in [-0.25, -0.2) is 0 Å². The molecule has 0 aromatic carbocycles. The first kappa shape index (κ1) is 13.5. The second kappa shape index (κ2) is 4.04. The highest BCUT2D eigenvalue weighted by atomic mass is 16.3. The third-order valence-corrected chi connectivity index (χ3v) is 2.47. The van der Waals surface area contributed by atoms with Gasteiger partial charge in [0.1, 0.15) is 6.54 Å². The van der Waals surface area contributed by atoms with Crippen molar-refractivity contribution in [2.24, 2.45) is 0 Å². The van der Waals surface area contributed by atoms with Crippen LogP contribution in [0.15, 0.2) is 0 Å². The monoisotopic (exact) mass is 163 g/mol. The molecule has 0 aromatic heterocycles. The minimum Gasteiger partial charge on any atom is -0.870 e. The van der Waals surface area contributed by atoms with Crippen LogP contribution in [0.3, 0.4) is 0 Å². The highest BCUT2D eigenvalue weighted by Crippen LogP contribution is 2.17. The summed E-state index contributed by atoms with van der Waals surface area (Å²) in [7, 11) is 4.27. The van der Waals surface area contributed by atoms with Crippen molar-refractivity contribution in [3.05, 3.63) is 0 Å². The van der Waals surface area contributed by atoms with Crippen LogP contribution in [0, 0.1) is 0 Å². The molecule has 3 heteroatoms. The van der Waals surface area contributed by atoms with Crippen LogP contribution >= 0.6 is 0 Å². The van der Waals surface area contributed by atoms with Crippen LogP contribution in [-0.4, -0.2) is 47.9 Å². The van der Waals surface area contributed by atoms with Gasteiger partial charge in [0.25, 0.3) is 0 Å². The molecule has 0 spiro atoms. The second-order valence-electron chi connectivity index (χ2n) is 4.30. The van der Waals surface area contributed by atoms with Crippen LogP contribution in [0.25, 0.3) is 0 Å². The van der Waals surface area contributed by atoms with Crippen molar-refractivity contribution in [3.8, 4) is 0 Å². The molecule has 0 bridgehead atoms. The summed E-state index contributed by atoms with van der Waals surface area (Å²) in [5.74, 6) is 0. The van der Waals surface area contributed by atoms with E-state index in [2.05, 4.69) is 34.9 Å². The van der Waals surface area contributed by atoms with E-state index < -0.39 is 0 Å². The maximum Gasteiger partial charge on any atom is 0.102 e. The first-order chi connectivity index (χ1) is 4.31. The first-order valence-electron chi connectivity index (χ1n) is 3.75. The summed E-state index contributed by atoms with van der Waals surface area (Å²) in [5.41, 5.74) is 0.225. The molecule has 0 aliphatic carbocycles. The molecule has 0 saturated carbocycles. The fourth-order valence-electron chi connectivity index (χ4n) is 0.585. The quantitative estimate of drug-likeness (QED) is 0.608. The molecule has 0 aromatic rings. The number of hydrogen-bond donors (Lipinski definition) is 1. The maximum absolute atomic E-state index is 8.75. The Morgan fingerprint density at radius 2 is 1.55 bits per heavy atom. The minimum absolute atomic E-state index is 0. The topological polar surface area (TPSA) is 50.2 Å². The molecule has 0 atom stereocenters. The lowest BCUT2D eigenvalue weighted by Gasteiger charge is -2.41. The molecule has 0 aliphatic rings. The van der Waals surface area contributed by atoms with Crippen molar-refractivity contribution < 1.29 is 15.1 Å². The summed E-state index contributed by atoms with van der Waals surface area (Å²) in [6.45, 7) is 7.64. The van der Waals surface area contributed by atoms with Gasteiger partial charge < -0.3 is 15.1 Å². The van der Waals surface area contributed by atoms with E-state index in [0.29, 0.717) is 0 Å². The fraction of sp³-hybridized carbons (Fsp3) is 1.00. The molecule has 0 heterocycles.